The fraction of sp³-hybridized carbons (Fsp3) is 0.258. The summed E-state index contributed by atoms with van der Waals surface area (Å²) in [6, 6.07) is 21.3. The summed E-state index contributed by atoms with van der Waals surface area (Å²) in [6.45, 7) is 6.33. The van der Waals surface area contributed by atoms with Gasteiger partial charge in [0.05, 0.1) is 28.4 Å². The molecule has 40 heavy (non-hydrogen) atoms. The highest BCUT2D eigenvalue weighted by Gasteiger charge is 2.55. The molecule has 0 bridgehead atoms. The first-order valence-electron chi connectivity index (χ1n) is 13.1. The van der Waals surface area contributed by atoms with E-state index < -0.39 is 15.4 Å². The number of nitriles is 1. The summed E-state index contributed by atoms with van der Waals surface area (Å²) in [5, 5.41) is 15.6. The van der Waals surface area contributed by atoms with E-state index in [1.807, 2.05) is 32.0 Å². The van der Waals surface area contributed by atoms with Gasteiger partial charge in [0.1, 0.15) is 5.41 Å². The third-order valence-corrected chi connectivity index (χ3v) is 9.23. The van der Waals surface area contributed by atoms with Gasteiger partial charge in [0.2, 0.25) is 5.91 Å². The molecule has 2 aliphatic heterocycles. The second-order valence-corrected chi connectivity index (χ2v) is 12.4. The van der Waals surface area contributed by atoms with Gasteiger partial charge in [0, 0.05) is 23.7 Å². The van der Waals surface area contributed by atoms with Crippen molar-refractivity contribution >= 4 is 38.9 Å². The molecular weight excluding hydrogens is 544 g/mol. The summed E-state index contributed by atoms with van der Waals surface area (Å²) in [7, 11) is -4.21. The Balaban J connectivity index is 1.79. The number of nitrogens with zero attached hydrogens (tertiary/aromatic N) is 4. The number of sulfonamides is 1. The third kappa shape index (κ3) is 4.59. The Kier molecular flexibility index (Phi) is 7.30. The first-order chi connectivity index (χ1) is 19.1. The zero-order chi connectivity index (χ0) is 28.7. The minimum atomic E-state index is -4.21. The van der Waals surface area contributed by atoms with Gasteiger partial charge in [-0.25, -0.2) is 0 Å². The van der Waals surface area contributed by atoms with Crippen molar-refractivity contribution in [2.75, 3.05) is 11.4 Å². The van der Waals surface area contributed by atoms with Crippen molar-refractivity contribution in [3.8, 4) is 6.07 Å². The lowest BCUT2D eigenvalue weighted by Gasteiger charge is -2.28. The number of carbonyl (C=O) groups is 1. The van der Waals surface area contributed by atoms with Crippen molar-refractivity contribution in [2.24, 2.45) is 5.10 Å². The zero-order valence-electron chi connectivity index (χ0n) is 22.6. The van der Waals surface area contributed by atoms with Crippen LogP contribution in [-0.4, -0.2) is 31.0 Å². The Morgan fingerprint density at radius 1 is 1.05 bits per heavy atom. The number of halogens is 1. The zero-order valence-corrected chi connectivity index (χ0v) is 24.1. The largest absolute Gasteiger partial charge is 0.311 e. The summed E-state index contributed by atoms with van der Waals surface area (Å²) in [4.78, 5) is 16.2. The van der Waals surface area contributed by atoms with Crippen LogP contribution in [0.4, 0.5) is 5.69 Å². The molecule has 0 aromatic heterocycles. The number of unbranched alkanes of at least 4 members (excludes halogenated alkanes) is 1. The molecule has 5 rings (SSSR count). The number of hydrogen-bond donors (Lipinski definition) is 0. The van der Waals surface area contributed by atoms with Crippen LogP contribution < -0.4 is 4.90 Å². The van der Waals surface area contributed by atoms with Gasteiger partial charge in [0.15, 0.2) is 0 Å². The van der Waals surface area contributed by atoms with Gasteiger partial charge >= 0.3 is 0 Å². The van der Waals surface area contributed by atoms with Crippen LogP contribution in [0.3, 0.4) is 0 Å². The summed E-state index contributed by atoms with van der Waals surface area (Å²) in [6.07, 6.45) is 2.87. The van der Waals surface area contributed by atoms with Gasteiger partial charge < -0.3 is 4.90 Å². The van der Waals surface area contributed by atoms with E-state index in [1.165, 1.54) is 18.3 Å². The molecular formula is C31H29ClN4O3S. The first-order valence-corrected chi connectivity index (χ1v) is 14.9. The van der Waals surface area contributed by atoms with E-state index in [0.29, 0.717) is 28.4 Å². The number of amides is 1. The lowest BCUT2D eigenvalue weighted by atomic mass is 9.71. The van der Waals surface area contributed by atoms with Crippen molar-refractivity contribution in [1.29, 1.82) is 5.26 Å². The predicted molar refractivity (Wildman–Crippen MR) is 157 cm³/mol. The molecule has 0 saturated heterocycles. The van der Waals surface area contributed by atoms with Gasteiger partial charge in [-0.15, -0.1) is 0 Å². The molecule has 0 saturated carbocycles. The average Bonchev–Trinajstić information content (AvgIpc) is 3.05. The number of carbonyl (C=O) groups excluding carboxylic acids is 1. The molecule has 9 heteroatoms. The minimum Gasteiger partial charge on any atom is -0.311 e. The molecule has 1 unspecified atom stereocenters. The Morgan fingerprint density at radius 2 is 1.77 bits per heavy atom. The van der Waals surface area contributed by atoms with Crippen molar-refractivity contribution in [3.63, 3.8) is 0 Å². The molecule has 2 heterocycles. The van der Waals surface area contributed by atoms with E-state index in [2.05, 4.69) is 18.1 Å². The van der Waals surface area contributed by atoms with E-state index >= 15 is 0 Å². The molecule has 204 valence electrons. The fourth-order valence-corrected chi connectivity index (χ4v) is 6.63. The first kappa shape index (κ1) is 27.6. The number of rotatable bonds is 6. The number of aryl methyl sites for hydroxylation is 2. The van der Waals surface area contributed by atoms with Crippen molar-refractivity contribution in [1.82, 2.24) is 4.41 Å². The molecule has 0 radical (unpaired) electrons. The topological polar surface area (TPSA) is 93.8 Å². The molecule has 3 aromatic rings. The Morgan fingerprint density at radius 3 is 2.45 bits per heavy atom. The lowest BCUT2D eigenvalue weighted by molar-refractivity contribution is -0.121. The van der Waals surface area contributed by atoms with Gasteiger partial charge in [-0.2, -0.15) is 23.2 Å². The number of fused-ring (bicyclic) bond motifs is 2. The summed E-state index contributed by atoms with van der Waals surface area (Å²) in [5.74, 6) is -0.265. The number of hydrogen-bond acceptors (Lipinski definition) is 5. The molecule has 0 aliphatic carbocycles. The molecule has 0 N–H and O–H groups in total. The van der Waals surface area contributed by atoms with Crippen LogP contribution >= 0.6 is 11.6 Å². The van der Waals surface area contributed by atoms with Crippen LogP contribution in [0.25, 0.3) is 0 Å². The quantitative estimate of drug-likeness (QED) is 0.349. The predicted octanol–water partition coefficient (Wildman–Crippen LogP) is 6.25. The van der Waals surface area contributed by atoms with Gasteiger partial charge in [0.25, 0.3) is 10.0 Å². The highest BCUT2D eigenvalue weighted by atomic mass is 35.5. The maximum atomic E-state index is 14.5. The molecule has 0 fully saturated rings. The van der Waals surface area contributed by atoms with Gasteiger partial charge in [-0.3, -0.25) is 4.79 Å². The van der Waals surface area contributed by atoms with Crippen LogP contribution in [0.5, 0.6) is 0 Å². The van der Waals surface area contributed by atoms with E-state index in [0.717, 1.165) is 34.1 Å². The highest BCUT2D eigenvalue weighted by molar-refractivity contribution is 7.89. The maximum Gasteiger partial charge on any atom is 0.282 e. The Bertz CT molecular complexity index is 1710. The number of benzene rings is 3. The lowest BCUT2D eigenvalue weighted by Crippen LogP contribution is -2.43. The maximum absolute atomic E-state index is 14.5. The second-order valence-electron chi connectivity index (χ2n) is 10.2. The third-order valence-electron chi connectivity index (χ3n) is 7.44. The van der Waals surface area contributed by atoms with Gasteiger partial charge in [-0.05, 0) is 61.7 Å². The Labute approximate surface area is 240 Å². The smallest absolute Gasteiger partial charge is 0.282 e. The summed E-state index contributed by atoms with van der Waals surface area (Å²) in [5.41, 5.74) is 2.69. The SMILES string of the molecule is CCCCN1C(=O)C2(CC(c3cccc(Cl)c3)=NN(S(=O)(=O)c3ccc(C)cc3)C=C2C#N)c2cc(C)ccc21. The highest BCUT2D eigenvalue weighted by Crippen LogP contribution is 2.50. The summed E-state index contributed by atoms with van der Waals surface area (Å²) >= 11 is 6.33. The fourth-order valence-electron chi connectivity index (χ4n) is 5.30. The number of hydrazone groups is 1. The van der Waals surface area contributed by atoms with E-state index in [4.69, 9.17) is 11.6 Å². The van der Waals surface area contributed by atoms with Crippen LogP contribution in [0.2, 0.25) is 5.02 Å². The second kappa shape index (κ2) is 10.6. The molecule has 1 atom stereocenters. The number of anilines is 1. The van der Waals surface area contributed by atoms with Crippen molar-refractivity contribution in [2.45, 2.75) is 50.3 Å². The standard InChI is InChI=1S/C31H29ClN4O3S/c1-4-5-15-35-29-14-11-22(3)16-27(29)31(30(35)37)18-28(23-7-6-8-25(32)17-23)34-36(20-24(31)19-33)40(38,39)26-12-9-21(2)10-13-26/h6-14,16-17,20H,4-5,15,18H2,1-3H3. The minimum absolute atomic E-state index is 0.00936. The molecule has 7 nitrogen and oxygen atoms in total. The van der Waals surface area contributed by atoms with Crippen molar-refractivity contribution in [3.05, 3.63) is 106 Å². The van der Waals surface area contributed by atoms with E-state index in [1.54, 1.807) is 41.3 Å². The van der Waals surface area contributed by atoms with Crippen LogP contribution in [0.1, 0.15) is 48.4 Å². The molecule has 1 spiro atoms. The molecule has 2 aliphatic rings. The molecule has 1 amide bonds. The van der Waals surface area contributed by atoms with Gasteiger partial charge in [-0.1, -0.05) is 72.5 Å². The summed E-state index contributed by atoms with van der Waals surface area (Å²) < 4.78 is 28.6. The monoisotopic (exact) mass is 572 g/mol. The van der Waals surface area contributed by atoms with Crippen LogP contribution in [0.15, 0.2) is 88.5 Å². The van der Waals surface area contributed by atoms with E-state index in [9.17, 15) is 18.5 Å². The van der Waals surface area contributed by atoms with Crippen LogP contribution in [-0.2, 0) is 20.2 Å². The average molecular weight is 573 g/mol. The Hall–Kier alpha value is -3.93. The normalized spacial score (nSPS) is 18.7. The molecule has 3 aromatic carbocycles. The van der Waals surface area contributed by atoms with Crippen LogP contribution in [0, 0.1) is 25.2 Å². The van der Waals surface area contributed by atoms with E-state index in [-0.39, 0.29) is 22.8 Å². The van der Waals surface area contributed by atoms with Crippen molar-refractivity contribution < 1.29 is 13.2 Å².